The van der Waals surface area contributed by atoms with Gasteiger partial charge in [-0.3, -0.25) is 28.8 Å². The van der Waals surface area contributed by atoms with Gasteiger partial charge in [0.15, 0.2) is 23.1 Å². The van der Waals surface area contributed by atoms with Crippen molar-refractivity contribution in [3.63, 3.8) is 0 Å². The minimum absolute atomic E-state index is 0.00187. The molecule has 0 aliphatic carbocycles. The molecule has 0 spiro atoms. The molecule has 3 unspecified atom stereocenters. The predicted octanol–water partition coefficient (Wildman–Crippen LogP) is 29.0. The van der Waals surface area contributed by atoms with Gasteiger partial charge in [0, 0.05) is 78.0 Å². The number of hydrogen-bond acceptors (Lipinski definition) is 23. The number of ether oxygens (including phenoxy) is 4. The molecule has 13 aromatic carbocycles. The van der Waals surface area contributed by atoms with Crippen molar-refractivity contribution >= 4 is 208 Å². The van der Waals surface area contributed by atoms with Gasteiger partial charge in [0.1, 0.15) is 68.6 Å². The second kappa shape index (κ2) is 48.7. The number of fused-ring (bicyclic) bond motifs is 1. The van der Waals surface area contributed by atoms with Gasteiger partial charge in [-0.05, 0) is 220 Å². The quantitative estimate of drug-likeness (QED) is 0.0179. The first-order chi connectivity index (χ1) is 65.8. The number of Topliss-reactive ketones (excluding diaryl/α,β-unsaturated/α-hetero) is 3. The molecule has 36 heteroatoms. The van der Waals surface area contributed by atoms with Crippen molar-refractivity contribution < 1.29 is 80.8 Å². The summed E-state index contributed by atoms with van der Waals surface area (Å²) in [6, 6.07) is 62.1. The maximum absolute atomic E-state index is 13.3. The standard InChI is InChI=1S/C32H35Cl2N3O4.C24H17Cl2F2N3O4.C24H19Cl2N3O4.C23H14Cl2N2O3/c1-18-9-12-22(33)17-25(18)35-29(39)20-10-13-24(34)26(15-20)36-37-28(19(2)38)30(40)41-27-14-11-21(31(3,4)5)16-23(27)32(6,7)8;1-12-18(25)4-3-5-20(12)29-23(33)14-6-7-19(26)21(8-14)30-31-22(13(2)32)24(34)35-17-10-15(27)9-16(28)11-17;1-14-18(25)9-6-10-20(14)27-23(31)16-11-12-19(26)21(13-16)28-29-22(15(2)30)24(32)33-17-7-4-3-5-8-17;24-18-11-6-12-19(20(18)25)26-27-21-16-10-5-4-7-14(16)13-17(22(21)28)23(29)30-15-8-2-1-3-9-15/h9-17,28H,1-8H3,(H,35,39);3-11,22H,1-2H3,(H,29,33);3-13,22H,1-2H3,(H,27,31);1-13,28H. The van der Waals surface area contributed by atoms with Crippen LogP contribution in [0.1, 0.15) is 132 Å². The maximum Gasteiger partial charge on any atom is 0.347 e. The first-order valence-electron chi connectivity index (χ1n) is 41.8. The van der Waals surface area contributed by atoms with Gasteiger partial charge in [0.2, 0.25) is 18.1 Å². The number of aromatic hydroxyl groups is 1. The van der Waals surface area contributed by atoms with Crippen LogP contribution in [0.4, 0.5) is 54.3 Å². The third kappa shape index (κ3) is 29.9. The van der Waals surface area contributed by atoms with Gasteiger partial charge in [-0.25, -0.2) is 28.0 Å². The summed E-state index contributed by atoms with van der Waals surface area (Å²) in [5.74, 6) is -8.54. The number of carbonyl (C=O) groups is 10. The predicted molar refractivity (Wildman–Crippen MR) is 535 cm³/mol. The maximum atomic E-state index is 13.3. The molecule has 3 atom stereocenters. The van der Waals surface area contributed by atoms with E-state index >= 15 is 0 Å². The lowest BCUT2D eigenvalue weighted by Crippen LogP contribution is -2.31. The lowest BCUT2D eigenvalue weighted by molar-refractivity contribution is -0.141. The molecule has 712 valence electrons. The van der Waals surface area contributed by atoms with Crippen molar-refractivity contribution in [3.8, 4) is 28.7 Å². The van der Waals surface area contributed by atoms with Gasteiger partial charge in [-0.15, -0.1) is 10.2 Å². The van der Waals surface area contributed by atoms with E-state index in [4.69, 9.17) is 112 Å². The topological polar surface area (TPSA) is 363 Å². The molecule has 0 saturated heterocycles. The Morgan fingerprint density at radius 1 is 0.367 bits per heavy atom. The fourth-order valence-electron chi connectivity index (χ4n) is 12.4. The Balaban J connectivity index is 0.000000192. The number of esters is 4. The van der Waals surface area contributed by atoms with Crippen LogP contribution >= 0.6 is 92.8 Å². The van der Waals surface area contributed by atoms with Gasteiger partial charge >= 0.3 is 23.9 Å². The number of aryl methyl sites for hydroxylation is 1. The Hall–Kier alpha value is -14.2. The highest BCUT2D eigenvalue weighted by Crippen LogP contribution is 2.43. The minimum atomic E-state index is -1.73. The van der Waals surface area contributed by atoms with Crippen LogP contribution in [0, 0.1) is 32.4 Å². The number of ketones is 3. The largest absolute Gasteiger partial charge is 0.505 e. The Morgan fingerprint density at radius 2 is 0.791 bits per heavy atom. The number of hydrogen-bond donors (Lipinski definition) is 4. The van der Waals surface area contributed by atoms with E-state index in [1.165, 1.54) is 68.4 Å². The van der Waals surface area contributed by atoms with E-state index in [-0.39, 0.29) is 87.4 Å². The smallest absolute Gasteiger partial charge is 0.347 e. The van der Waals surface area contributed by atoms with Crippen LogP contribution in [-0.2, 0) is 39.6 Å². The molecule has 3 amide bonds. The number of phenolic OH excluding ortho intramolecular Hbond substituents is 1. The molecule has 0 aliphatic heterocycles. The summed E-state index contributed by atoms with van der Waals surface area (Å²) < 4.78 is 47.8. The third-order valence-electron chi connectivity index (χ3n) is 20.0. The molecule has 0 fully saturated rings. The first kappa shape index (κ1) is 107. The number of nitrogens with zero attached hydrogens (tertiary/aromatic N) is 8. The SMILES string of the molecule is CC(=O)C(N=Nc1cc(C(=O)Nc2cc(Cl)ccc2C)ccc1Cl)C(=O)Oc1ccc(C(C)(C)C)cc1C(C)(C)C.CC(=O)C(N=Nc1cc(C(=O)Nc2cccc(Cl)c2C)ccc1Cl)C(=O)Oc1cc(F)cc(F)c1.CC(=O)C(N=Nc1cc(C(=O)Nc2cccc(Cl)c2C)ccc1Cl)C(=O)Oc1ccccc1.O=C(Oc1ccccc1)c1cc2ccccc2c(N=Nc2cccc(Cl)c2Cl)c1O. The fraction of sp³-hybridized carbons (Fsp3) is 0.165. The molecular formula is C103H85Cl8F2N11O15. The Kier molecular flexibility index (Phi) is 37.4. The van der Waals surface area contributed by atoms with Crippen LogP contribution in [0.2, 0.25) is 40.2 Å². The number of anilines is 3. The zero-order valence-corrected chi connectivity index (χ0v) is 82.0. The van der Waals surface area contributed by atoms with Crippen LogP contribution in [0.5, 0.6) is 28.7 Å². The number of nitrogens with one attached hydrogen (secondary N) is 3. The van der Waals surface area contributed by atoms with Gasteiger partial charge in [-0.2, -0.15) is 30.7 Å². The van der Waals surface area contributed by atoms with Crippen LogP contribution in [0.25, 0.3) is 10.8 Å². The van der Waals surface area contributed by atoms with Crippen LogP contribution in [-0.4, -0.2) is 82.2 Å². The Labute approximate surface area is 837 Å². The average molecular weight is 2040 g/mol. The van der Waals surface area contributed by atoms with E-state index in [9.17, 15) is 61.8 Å². The normalized spacial score (nSPS) is 11.9. The summed E-state index contributed by atoms with van der Waals surface area (Å²) in [5.41, 5.74) is 6.69. The minimum Gasteiger partial charge on any atom is -0.505 e. The molecule has 13 aromatic rings. The first-order valence-corrected chi connectivity index (χ1v) is 44.9. The zero-order valence-electron chi connectivity index (χ0n) is 76.0. The summed E-state index contributed by atoms with van der Waals surface area (Å²) in [4.78, 5) is 125. The van der Waals surface area contributed by atoms with Gasteiger partial charge < -0.3 is 40.0 Å². The summed E-state index contributed by atoms with van der Waals surface area (Å²) >= 11 is 49.0. The lowest BCUT2D eigenvalue weighted by atomic mass is 9.80. The van der Waals surface area contributed by atoms with Gasteiger partial charge in [0.05, 0.1) is 25.1 Å². The van der Waals surface area contributed by atoms with E-state index in [0.717, 1.165) is 41.3 Å². The molecule has 0 saturated carbocycles. The molecule has 139 heavy (non-hydrogen) atoms. The second-order valence-corrected chi connectivity index (χ2v) is 35.8. The molecular weight excluding hydrogens is 1950 g/mol. The number of para-hydroxylation sites is 2. The molecule has 4 N–H and O–H groups in total. The molecule has 0 bridgehead atoms. The summed E-state index contributed by atoms with van der Waals surface area (Å²) in [5, 5.41) is 54.6. The van der Waals surface area contributed by atoms with Crippen molar-refractivity contribution in [3.05, 3.63) is 357 Å². The summed E-state index contributed by atoms with van der Waals surface area (Å²) in [6.45, 7) is 21.3. The van der Waals surface area contributed by atoms with Crippen LogP contribution in [0.3, 0.4) is 0 Å². The Morgan fingerprint density at radius 3 is 1.25 bits per heavy atom. The third-order valence-corrected chi connectivity index (χ3v) is 22.8. The average Bonchev–Trinajstić information content (AvgIpc) is 0.776. The van der Waals surface area contributed by atoms with E-state index in [2.05, 4.69) is 77.6 Å². The lowest BCUT2D eigenvalue weighted by Gasteiger charge is -2.27. The van der Waals surface area contributed by atoms with Gasteiger partial charge in [0.25, 0.3) is 17.7 Å². The van der Waals surface area contributed by atoms with Crippen LogP contribution < -0.4 is 34.9 Å². The molecule has 0 radical (unpaired) electrons. The molecule has 26 nitrogen and oxygen atoms in total. The molecule has 0 heterocycles. The number of halogens is 10. The highest BCUT2D eigenvalue weighted by Gasteiger charge is 2.32. The van der Waals surface area contributed by atoms with Crippen molar-refractivity contribution in [1.82, 2.24) is 0 Å². The Bertz CT molecular complexity index is 7000. The second-order valence-electron chi connectivity index (χ2n) is 32.5. The van der Waals surface area contributed by atoms with E-state index in [0.29, 0.717) is 76.7 Å². The summed E-state index contributed by atoms with van der Waals surface area (Å²) in [7, 11) is 0. The van der Waals surface area contributed by atoms with Crippen molar-refractivity contribution in [2.24, 2.45) is 40.9 Å². The fourth-order valence-corrected chi connectivity index (χ4v) is 13.7. The molecule has 13 rings (SSSR count). The van der Waals surface area contributed by atoms with E-state index in [1.54, 1.807) is 172 Å². The number of amides is 3. The summed E-state index contributed by atoms with van der Waals surface area (Å²) in [6.07, 6.45) is 0. The number of phenols is 1. The number of rotatable bonds is 25. The number of benzene rings is 13. The highest BCUT2D eigenvalue weighted by molar-refractivity contribution is 6.43. The highest BCUT2D eigenvalue weighted by atomic mass is 35.5. The monoisotopic (exact) mass is 2030 g/mol. The van der Waals surface area contributed by atoms with E-state index < -0.39 is 94.5 Å². The number of azo groups is 4. The van der Waals surface area contributed by atoms with Crippen molar-refractivity contribution in [2.45, 2.75) is 112 Å². The molecule has 0 aliphatic rings. The molecule has 0 aromatic heterocycles. The van der Waals surface area contributed by atoms with E-state index in [1.807, 2.05) is 52.0 Å². The van der Waals surface area contributed by atoms with Crippen LogP contribution in [0.15, 0.2) is 296 Å². The van der Waals surface area contributed by atoms with Crippen molar-refractivity contribution in [2.75, 3.05) is 16.0 Å². The number of carbonyl (C=O) groups excluding carboxylic acids is 10. The zero-order chi connectivity index (χ0) is 101. The van der Waals surface area contributed by atoms with Crippen molar-refractivity contribution in [1.29, 1.82) is 0 Å². The van der Waals surface area contributed by atoms with Gasteiger partial charge in [-0.1, -0.05) is 231 Å².